The molecule has 0 saturated carbocycles. The van der Waals surface area contributed by atoms with Gasteiger partial charge >= 0.3 is 0 Å². The van der Waals surface area contributed by atoms with E-state index in [9.17, 15) is 9.90 Å². The topological polar surface area (TPSA) is 40.5 Å². The summed E-state index contributed by atoms with van der Waals surface area (Å²) < 4.78 is 0. The zero-order valence-electron chi connectivity index (χ0n) is 11.1. The lowest BCUT2D eigenvalue weighted by atomic mass is 9.82. The third kappa shape index (κ3) is 2.21. The highest BCUT2D eigenvalue weighted by Crippen LogP contribution is 2.40. The molecule has 2 atom stereocenters. The molecule has 0 aromatic heterocycles. The smallest absolute Gasteiger partial charge is 0.231 e. The average molecular weight is 267 g/mol. The highest BCUT2D eigenvalue weighted by molar-refractivity contribution is 5.86. The molecule has 3 rings (SSSR count). The summed E-state index contributed by atoms with van der Waals surface area (Å²) in [5.41, 5.74) is 2.19. The van der Waals surface area contributed by atoms with E-state index in [4.69, 9.17) is 0 Å². The second-order valence-electron chi connectivity index (χ2n) is 5.10. The van der Waals surface area contributed by atoms with E-state index in [-0.39, 0.29) is 24.5 Å². The van der Waals surface area contributed by atoms with E-state index in [1.54, 1.807) is 0 Å². The molecule has 2 aromatic rings. The summed E-state index contributed by atoms with van der Waals surface area (Å²) in [4.78, 5) is 14.0. The molecule has 0 unspecified atom stereocenters. The minimum atomic E-state index is -0.305. The first kappa shape index (κ1) is 12.9. The van der Waals surface area contributed by atoms with E-state index in [1.165, 1.54) is 0 Å². The zero-order chi connectivity index (χ0) is 13.9. The van der Waals surface area contributed by atoms with Gasteiger partial charge in [-0.2, -0.15) is 0 Å². The van der Waals surface area contributed by atoms with Gasteiger partial charge in [0.05, 0.1) is 18.6 Å². The molecule has 1 amide bonds. The van der Waals surface area contributed by atoms with Crippen LogP contribution in [-0.2, 0) is 11.3 Å². The van der Waals surface area contributed by atoms with Crippen LogP contribution in [0.5, 0.6) is 0 Å². The average Bonchev–Trinajstić information content (AvgIpc) is 2.51. The zero-order valence-corrected chi connectivity index (χ0v) is 11.1. The first-order chi connectivity index (χ1) is 9.81. The number of hydrogen-bond donors (Lipinski definition) is 1. The van der Waals surface area contributed by atoms with E-state index in [0.29, 0.717) is 6.54 Å². The molecule has 0 bridgehead atoms. The van der Waals surface area contributed by atoms with E-state index in [1.807, 2.05) is 65.6 Å². The summed E-state index contributed by atoms with van der Waals surface area (Å²) in [5, 5.41) is 9.42. The van der Waals surface area contributed by atoms with Crippen LogP contribution in [0, 0.1) is 5.92 Å². The molecular weight excluding hydrogens is 250 g/mol. The van der Waals surface area contributed by atoms with Gasteiger partial charge in [0.15, 0.2) is 0 Å². The van der Waals surface area contributed by atoms with E-state index < -0.39 is 0 Å². The maximum absolute atomic E-state index is 12.1. The Hall–Kier alpha value is -2.13. The number of carbonyl (C=O) groups is 1. The number of amides is 1. The molecule has 1 aliphatic rings. The van der Waals surface area contributed by atoms with Crippen LogP contribution < -0.4 is 0 Å². The van der Waals surface area contributed by atoms with Crippen molar-refractivity contribution in [2.24, 2.45) is 5.92 Å². The van der Waals surface area contributed by atoms with Gasteiger partial charge in [-0.3, -0.25) is 4.79 Å². The van der Waals surface area contributed by atoms with Crippen LogP contribution in [-0.4, -0.2) is 22.5 Å². The van der Waals surface area contributed by atoms with Crippen molar-refractivity contribution < 1.29 is 9.90 Å². The Kier molecular flexibility index (Phi) is 3.52. The second-order valence-corrected chi connectivity index (χ2v) is 5.10. The van der Waals surface area contributed by atoms with Crippen molar-refractivity contribution >= 4 is 5.91 Å². The fourth-order valence-corrected chi connectivity index (χ4v) is 2.82. The molecule has 1 aliphatic heterocycles. The molecule has 0 radical (unpaired) electrons. The Balaban J connectivity index is 1.84. The fourth-order valence-electron chi connectivity index (χ4n) is 2.82. The molecule has 102 valence electrons. The summed E-state index contributed by atoms with van der Waals surface area (Å²) in [6, 6.07) is 19.8. The second kappa shape index (κ2) is 5.47. The summed E-state index contributed by atoms with van der Waals surface area (Å²) in [6.07, 6.45) is 0. The highest BCUT2D eigenvalue weighted by atomic mass is 16.3. The van der Waals surface area contributed by atoms with Crippen molar-refractivity contribution in [1.29, 1.82) is 0 Å². The standard InChI is InChI=1S/C17H17NO2/c19-12-15-16(14-9-5-2-6-10-14)18(17(15)20)11-13-7-3-1-4-8-13/h1-10,15-16,19H,11-12H2/t15-,16+/m1/s1. The number of aliphatic hydroxyl groups is 1. The van der Waals surface area contributed by atoms with Crippen LogP contribution in [0.1, 0.15) is 17.2 Å². The lowest BCUT2D eigenvalue weighted by Gasteiger charge is -2.47. The number of aliphatic hydroxyl groups excluding tert-OH is 1. The van der Waals surface area contributed by atoms with Gasteiger partial charge in [-0.15, -0.1) is 0 Å². The molecule has 1 N–H and O–H groups in total. The molecule has 1 saturated heterocycles. The minimum absolute atomic E-state index is 0.0195. The predicted octanol–water partition coefficient (Wildman–Crippen LogP) is 2.38. The Morgan fingerprint density at radius 2 is 1.55 bits per heavy atom. The Morgan fingerprint density at radius 1 is 0.950 bits per heavy atom. The van der Waals surface area contributed by atoms with Crippen LogP contribution in [0.3, 0.4) is 0 Å². The van der Waals surface area contributed by atoms with Gasteiger partial charge in [-0.1, -0.05) is 60.7 Å². The quantitative estimate of drug-likeness (QED) is 0.864. The van der Waals surface area contributed by atoms with Crippen molar-refractivity contribution in [3.8, 4) is 0 Å². The monoisotopic (exact) mass is 267 g/mol. The number of rotatable bonds is 4. The number of β-lactam (4-membered cyclic amide) rings is 1. The largest absolute Gasteiger partial charge is 0.395 e. The number of hydrogen-bond acceptors (Lipinski definition) is 2. The van der Waals surface area contributed by atoms with Crippen LogP contribution in [0.2, 0.25) is 0 Å². The number of carbonyl (C=O) groups excluding carboxylic acids is 1. The van der Waals surface area contributed by atoms with Crippen LogP contribution in [0.4, 0.5) is 0 Å². The summed E-state index contributed by atoms with van der Waals surface area (Å²) in [7, 11) is 0. The molecular formula is C17H17NO2. The van der Waals surface area contributed by atoms with E-state index >= 15 is 0 Å². The Labute approximate surface area is 118 Å². The van der Waals surface area contributed by atoms with Crippen LogP contribution in [0.25, 0.3) is 0 Å². The maximum Gasteiger partial charge on any atom is 0.231 e. The Bertz CT molecular complexity index is 582. The third-order valence-corrected chi connectivity index (χ3v) is 3.85. The minimum Gasteiger partial charge on any atom is -0.395 e. The van der Waals surface area contributed by atoms with Gasteiger partial charge in [0.2, 0.25) is 5.91 Å². The van der Waals surface area contributed by atoms with Crippen LogP contribution >= 0.6 is 0 Å². The molecule has 0 spiro atoms. The van der Waals surface area contributed by atoms with Crippen molar-refractivity contribution in [1.82, 2.24) is 4.90 Å². The predicted molar refractivity (Wildman–Crippen MR) is 76.8 cm³/mol. The van der Waals surface area contributed by atoms with Gasteiger partial charge in [0.25, 0.3) is 0 Å². The first-order valence-electron chi connectivity index (χ1n) is 6.81. The summed E-state index contributed by atoms with van der Waals surface area (Å²) in [6.45, 7) is 0.499. The number of benzene rings is 2. The van der Waals surface area contributed by atoms with Gasteiger partial charge in [-0.25, -0.2) is 0 Å². The molecule has 1 fully saturated rings. The van der Waals surface area contributed by atoms with Crippen molar-refractivity contribution in [3.63, 3.8) is 0 Å². The van der Waals surface area contributed by atoms with E-state index in [2.05, 4.69) is 0 Å². The Morgan fingerprint density at radius 3 is 2.15 bits per heavy atom. The van der Waals surface area contributed by atoms with Gasteiger partial charge < -0.3 is 10.0 Å². The number of likely N-dealkylation sites (tertiary alicyclic amines) is 1. The molecule has 0 aliphatic carbocycles. The molecule has 3 heteroatoms. The van der Waals surface area contributed by atoms with Gasteiger partial charge in [0.1, 0.15) is 0 Å². The van der Waals surface area contributed by atoms with Crippen molar-refractivity contribution in [3.05, 3.63) is 71.8 Å². The van der Waals surface area contributed by atoms with Gasteiger partial charge in [-0.05, 0) is 11.1 Å². The normalized spacial score (nSPS) is 21.6. The first-order valence-corrected chi connectivity index (χ1v) is 6.81. The summed E-state index contributed by atoms with van der Waals surface area (Å²) >= 11 is 0. The third-order valence-electron chi connectivity index (χ3n) is 3.85. The van der Waals surface area contributed by atoms with E-state index in [0.717, 1.165) is 11.1 Å². The lowest BCUT2D eigenvalue weighted by molar-refractivity contribution is -0.161. The van der Waals surface area contributed by atoms with Crippen molar-refractivity contribution in [2.75, 3.05) is 6.61 Å². The SMILES string of the molecule is O=C1[C@H](CO)[C@H](c2ccccc2)N1Cc1ccccc1. The lowest BCUT2D eigenvalue weighted by Crippen LogP contribution is -2.55. The highest BCUT2D eigenvalue weighted by Gasteiger charge is 2.47. The summed E-state index contributed by atoms with van der Waals surface area (Å²) in [5.74, 6) is -0.272. The van der Waals surface area contributed by atoms with Crippen molar-refractivity contribution in [2.45, 2.75) is 12.6 Å². The molecule has 1 heterocycles. The van der Waals surface area contributed by atoms with Crippen LogP contribution in [0.15, 0.2) is 60.7 Å². The van der Waals surface area contributed by atoms with Gasteiger partial charge in [0, 0.05) is 6.54 Å². The molecule has 3 nitrogen and oxygen atoms in total. The fraction of sp³-hybridized carbons (Fsp3) is 0.235. The maximum atomic E-state index is 12.1. The molecule has 2 aromatic carbocycles. The number of nitrogens with zero attached hydrogens (tertiary/aromatic N) is 1. The molecule has 20 heavy (non-hydrogen) atoms.